The fraction of sp³-hybridized carbons (Fsp3) is 1.00. The topological polar surface area (TPSA) is 26.0 Å². The Morgan fingerprint density at radius 2 is 1.56 bits per heavy atom. The molecule has 1 rings (SSSR count). The molecule has 2 unspecified atom stereocenters. The summed E-state index contributed by atoms with van der Waals surface area (Å²) in [4.78, 5) is 0. The Hall–Kier alpha value is -0.0400. The molecular weight excluding hydrogens is 194 g/mol. The maximum absolute atomic E-state index is 6.22. The van der Waals surface area contributed by atoms with Gasteiger partial charge in [-0.05, 0) is 31.1 Å². The lowest BCUT2D eigenvalue weighted by molar-refractivity contribution is 0.375. The molecule has 96 valence electrons. The highest BCUT2D eigenvalue weighted by molar-refractivity contribution is 4.84. The van der Waals surface area contributed by atoms with E-state index in [9.17, 15) is 0 Å². The third kappa shape index (κ3) is 5.89. The molecule has 1 heteroatoms. The van der Waals surface area contributed by atoms with Crippen LogP contribution in [0.25, 0.3) is 0 Å². The monoisotopic (exact) mass is 225 g/mol. The van der Waals surface area contributed by atoms with Crippen molar-refractivity contribution >= 4 is 0 Å². The molecule has 16 heavy (non-hydrogen) atoms. The van der Waals surface area contributed by atoms with E-state index in [2.05, 4.69) is 13.8 Å². The van der Waals surface area contributed by atoms with Crippen LogP contribution in [-0.4, -0.2) is 6.04 Å². The first-order valence-electron chi connectivity index (χ1n) is 7.51. The fourth-order valence-corrected chi connectivity index (χ4v) is 2.57. The molecule has 0 aliphatic heterocycles. The normalized spacial score (nSPS) is 19.7. The molecule has 0 radical (unpaired) electrons. The SMILES string of the molecule is CCCCCCCCCC(N)C(C)C1CC1. The van der Waals surface area contributed by atoms with Crippen molar-refractivity contribution in [2.24, 2.45) is 17.6 Å². The van der Waals surface area contributed by atoms with Gasteiger partial charge < -0.3 is 5.73 Å². The second kappa shape index (κ2) is 8.11. The van der Waals surface area contributed by atoms with Gasteiger partial charge in [-0.25, -0.2) is 0 Å². The van der Waals surface area contributed by atoms with Gasteiger partial charge in [0, 0.05) is 6.04 Å². The maximum Gasteiger partial charge on any atom is 0.00671 e. The molecule has 1 fully saturated rings. The van der Waals surface area contributed by atoms with E-state index in [1.807, 2.05) is 0 Å². The van der Waals surface area contributed by atoms with E-state index < -0.39 is 0 Å². The molecule has 0 amide bonds. The summed E-state index contributed by atoms with van der Waals surface area (Å²) in [5.74, 6) is 1.75. The lowest BCUT2D eigenvalue weighted by Crippen LogP contribution is -2.29. The highest BCUT2D eigenvalue weighted by atomic mass is 14.7. The predicted molar refractivity (Wildman–Crippen MR) is 72.5 cm³/mol. The van der Waals surface area contributed by atoms with Gasteiger partial charge in [0.25, 0.3) is 0 Å². The molecule has 0 aromatic rings. The zero-order chi connectivity index (χ0) is 11.8. The smallest absolute Gasteiger partial charge is 0.00671 e. The number of nitrogens with two attached hydrogens (primary N) is 1. The molecule has 0 aromatic heterocycles. The summed E-state index contributed by atoms with van der Waals surface area (Å²) in [5, 5.41) is 0. The summed E-state index contributed by atoms with van der Waals surface area (Å²) in [6.07, 6.45) is 13.9. The lowest BCUT2D eigenvalue weighted by atomic mass is 9.93. The van der Waals surface area contributed by atoms with Gasteiger partial charge in [-0.3, -0.25) is 0 Å². The number of rotatable bonds is 10. The highest BCUT2D eigenvalue weighted by Crippen LogP contribution is 2.38. The Bertz CT molecular complexity index is 163. The molecule has 1 nitrogen and oxygen atoms in total. The van der Waals surface area contributed by atoms with Crippen molar-refractivity contribution in [3.05, 3.63) is 0 Å². The van der Waals surface area contributed by atoms with Crippen molar-refractivity contribution in [1.29, 1.82) is 0 Å². The van der Waals surface area contributed by atoms with Crippen LogP contribution < -0.4 is 5.73 Å². The van der Waals surface area contributed by atoms with Crippen LogP contribution >= 0.6 is 0 Å². The minimum absolute atomic E-state index is 0.475. The van der Waals surface area contributed by atoms with E-state index >= 15 is 0 Å². The molecule has 0 bridgehead atoms. The van der Waals surface area contributed by atoms with Gasteiger partial charge in [-0.15, -0.1) is 0 Å². The van der Waals surface area contributed by atoms with Crippen molar-refractivity contribution in [2.75, 3.05) is 0 Å². The predicted octanol–water partition coefficient (Wildman–Crippen LogP) is 4.50. The largest absolute Gasteiger partial charge is 0.327 e. The van der Waals surface area contributed by atoms with Gasteiger partial charge >= 0.3 is 0 Å². The second-order valence-electron chi connectivity index (χ2n) is 5.77. The van der Waals surface area contributed by atoms with E-state index in [1.54, 1.807) is 0 Å². The third-order valence-electron chi connectivity index (χ3n) is 4.18. The quantitative estimate of drug-likeness (QED) is 0.544. The van der Waals surface area contributed by atoms with Crippen molar-refractivity contribution in [1.82, 2.24) is 0 Å². The number of hydrogen-bond acceptors (Lipinski definition) is 1. The molecule has 2 N–H and O–H groups in total. The number of hydrogen-bond donors (Lipinski definition) is 1. The molecule has 0 spiro atoms. The summed E-state index contributed by atoms with van der Waals surface area (Å²) in [6.45, 7) is 4.63. The van der Waals surface area contributed by atoms with Gasteiger partial charge in [-0.2, -0.15) is 0 Å². The van der Waals surface area contributed by atoms with Crippen LogP contribution in [0.5, 0.6) is 0 Å². The minimum atomic E-state index is 0.475. The van der Waals surface area contributed by atoms with E-state index in [-0.39, 0.29) is 0 Å². The van der Waals surface area contributed by atoms with Gasteiger partial charge in [-0.1, -0.05) is 58.8 Å². The van der Waals surface area contributed by atoms with E-state index in [0.717, 1.165) is 11.8 Å². The standard InChI is InChI=1S/C15H31N/c1-3-4-5-6-7-8-9-10-15(16)13(2)14-11-12-14/h13-15H,3-12,16H2,1-2H3. The second-order valence-corrected chi connectivity index (χ2v) is 5.77. The van der Waals surface area contributed by atoms with Crippen LogP contribution in [0.2, 0.25) is 0 Å². The first-order chi connectivity index (χ1) is 7.75. The van der Waals surface area contributed by atoms with Crippen LogP contribution in [0, 0.1) is 11.8 Å². The van der Waals surface area contributed by atoms with E-state index in [4.69, 9.17) is 5.73 Å². The first-order valence-corrected chi connectivity index (χ1v) is 7.51. The minimum Gasteiger partial charge on any atom is -0.327 e. The summed E-state index contributed by atoms with van der Waals surface area (Å²) < 4.78 is 0. The average Bonchev–Trinajstić information content (AvgIpc) is 3.10. The Morgan fingerprint density at radius 1 is 1.00 bits per heavy atom. The van der Waals surface area contributed by atoms with Crippen molar-refractivity contribution in [3.63, 3.8) is 0 Å². The third-order valence-corrected chi connectivity index (χ3v) is 4.18. The fourth-order valence-electron chi connectivity index (χ4n) is 2.57. The molecule has 1 aliphatic carbocycles. The summed E-state index contributed by atoms with van der Waals surface area (Å²) in [7, 11) is 0. The zero-order valence-electron chi connectivity index (χ0n) is 11.4. The van der Waals surface area contributed by atoms with E-state index in [1.165, 1.54) is 64.2 Å². The summed E-state index contributed by atoms with van der Waals surface area (Å²) >= 11 is 0. The highest BCUT2D eigenvalue weighted by Gasteiger charge is 2.31. The van der Waals surface area contributed by atoms with Crippen LogP contribution in [0.15, 0.2) is 0 Å². The van der Waals surface area contributed by atoms with Gasteiger partial charge in [0.2, 0.25) is 0 Å². The average molecular weight is 225 g/mol. The van der Waals surface area contributed by atoms with Crippen LogP contribution in [0.4, 0.5) is 0 Å². The van der Waals surface area contributed by atoms with Crippen molar-refractivity contribution < 1.29 is 0 Å². The first kappa shape index (κ1) is 14.0. The molecule has 0 aromatic carbocycles. The molecule has 0 saturated heterocycles. The Kier molecular flexibility index (Phi) is 7.11. The molecule has 0 heterocycles. The maximum atomic E-state index is 6.22. The molecule has 1 saturated carbocycles. The van der Waals surface area contributed by atoms with Crippen LogP contribution in [0.3, 0.4) is 0 Å². The Morgan fingerprint density at radius 3 is 2.12 bits per heavy atom. The van der Waals surface area contributed by atoms with Crippen LogP contribution in [-0.2, 0) is 0 Å². The molecular formula is C15H31N. The summed E-state index contributed by atoms with van der Waals surface area (Å²) in [5.41, 5.74) is 6.22. The Labute approximate surface area is 102 Å². The molecule has 2 atom stereocenters. The van der Waals surface area contributed by atoms with Gasteiger partial charge in [0.1, 0.15) is 0 Å². The van der Waals surface area contributed by atoms with Gasteiger partial charge in [0.05, 0.1) is 0 Å². The summed E-state index contributed by atoms with van der Waals surface area (Å²) in [6, 6.07) is 0.475. The van der Waals surface area contributed by atoms with Gasteiger partial charge in [0.15, 0.2) is 0 Å². The van der Waals surface area contributed by atoms with Crippen LogP contribution in [0.1, 0.15) is 78.1 Å². The van der Waals surface area contributed by atoms with Crippen molar-refractivity contribution in [2.45, 2.75) is 84.1 Å². The molecule has 1 aliphatic rings. The number of unbranched alkanes of at least 4 members (excludes halogenated alkanes) is 6. The van der Waals surface area contributed by atoms with E-state index in [0.29, 0.717) is 6.04 Å². The van der Waals surface area contributed by atoms with Crippen molar-refractivity contribution in [3.8, 4) is 0 Å². The zero-order valence-corrected chi connectivity index (χ0v) is 11.4. The lowest BCUT2D eigenvalue weighted by Gasteiger charge is -2.19. The Balaban J connectivity index is 1.86.